The van der Waals surface area contributed by atoms with E-state index in [4.69, 9.17) is 33.2 Å². The Balaban J connectivity index is 2.05. The highest BCUT2D eigenvalue weighted by Gasteiger charge is 2.16. The van der Waals surface area contributed by atoms with Gasteiger partial charge in [0, 0.05) is 17.8 Å². The molecule has 2 heterocycles. The molecule has 0 unspecified atom stereocenters. The molecule has 0 radical (unpaired) electrons. The largest absolute Gasteiger partial charge is 0.434 e. The minimum atomic E-state index is -0.795. The van der Waals surface area contributed by atoms with Crippen LogP contribution in [0.25, 0.3) is 5.69 Å². The van der Waals surface area contributed by atoms with Gasteiger partial charge in [-0.1, -0.05) is 37.0 Å². The maximum Gasteiger partial charge on any atom is 0.332 e. The van der Waals surface area contributed by atoms with Gasteiger partial charge in [0.15, 0.2) is 5.75 Å². The molecule has 0 saturated carbocycles. The molecule has 9 nitrogen and oxygen atoms in total. The Morgan fingerprint density at radius 3 is 2.38 bits per heavy atom. The Kier molecular flexibility index (Phi) is 5.59. The lowest BCUT2D eigenvalue weighted by atomic mass is 10.1. The standard InChI is InChI=1S/C18H13Cl2N5O4/c1-8(2)11-5-14(23-24-17(11)27)29-15-12(19)3-10(4-13(15)20)25-7-9(6-21)16(26)22-18(25)28/h3-5,7-8H,1-2H3,(H,24,27)(H,22,26,28). The van der Waals surface area contributed by atoms with Crippen molar-refractivity contribution in [3.05, 3.63) is 76.8 Å². The fraction of sp³-hybridized carbons (Fsp3) is 0.167. The van der Waals surface area contributed by atoms with Gasteiger partial charge in [0.1, 0.15) is 11.6 Å². The van der Waals surface area contributed by atoms with Crippen molar-refractivity contribution in [3.63, 3.8) is 0 Å². The summed E-state index contributed by atoms with van der Waals surface area (Å²) in [7, 11) is 0. The molecular weight excluding hydrogens is 421 g/mol. The van der Waals surface area contributed by atoms with Crippen molar-refractivity contribution in [3.8, 4) is 23.4 Å². The number of H-pyrrole nitrogens is 2. The lowest BCUT2D eigenvalue weighted by Gasteiger charge is -2.13. The molecule has 0 bridgehead atoms. The molecule has 2 N–H and O–H groups in total. The third-order valence-electron chi connectivity index (χ3n) is 3.96. The molecule has 0 aliphatic carbocycles. The second-order valence-electron chi connectivity index (χ2n) is 6.27. The second-order valence-corrected chi connectivity index (χ2v) is 7.08. The molecule has 0 amide bonds. The van der Waals surface area contributed by atoms with Crippen LogP contribution in [-0.4, -0.2) is 19.7 Å². The lowest BCUT2D eigenvalue weighted by molar-refractivity contribution is 0.452. The molecule has 1 aromatic carbocycles. The molecule has 0 aliphatic heterocycles. The van der Waals surface area contributed by atoms with E-state index in [1.807, 2.05) is 18.8 Å². The van der Waals surface area contributed by atoms with Crippen molar-refractivity contribution < 1.29 is 4.74 Å². The topological polar surface area (TPSA) is 134 Å². The number of aromatic amines is 2. The van der Waals surface area contributed by atoms with Gasteiger partial charge < -0.3 is 4.74 Å². The number of nitrogens with zero attached hydrogens (tertiary/aromatic N) is 3. The predicted octanol–water partition coefficient (Wildman–Crippen LogP) is 2.70. The number of hydrogen-bond donors (Lipinski definition) is 2. The normalized spacial score (nSPS) is 10.8. The van der Waals surface area contributed by atoms with E-state index in [0.29, 0.717) is 5.56 Å². The van der Waals surface area contributed by atoms with Crippen molar-refractivity contribution in [2.24, 2.45) is 0 Å². The van der Waals surface area contributed by atoms with E-state index in [1.165, 1.54) is 18.2 Å². The average molecular weight is 434 g/mol. The van der Waals surface area contributed by atoms with Crippen molar-refractivity contribution >= 4 is 23.2 Å². The zero-order valence-electron chi connectivity index (χ0n) is 15.1. The molecule has 0 spiro atoms. The third-order valence-corrected chi connectivity index (χ3v) is 4.52. The molecule has 11 heteroatoms. The van der Waals surface area contributed by atoms with Crippen LogP contribution in [0.4, 0.5) is 0 Å². The summed E-state index contributed by atoms with van der Waals surface area (Å²) in [5, 5.41) is 15.2. The summed E-state index contributed by atoms with van der Waals surface area (Å²) in [5.74, 6) is 0.0843. The SMILES string of the molecule is CC(C)c1cc(Oc2c(Cl)cc(-n3cc(C#N)c(=O)[nH]c3=O)cc2Cl)n[nH]c1=O. The predicted molar refractivity (Wildman–Crippen MR) is 106 cm³/mol. The highest BCUT2D eigenvalue weighted by Crippen LogP contribution is 2.37. The van der Waals surface area contributed by atoms with Crippen LogP contribution in [0.3, 0.4) is 0 Å². The Morgan fingerprint density at radius 1 is 1.14 bits per heavy atom. The van der Waals surface area contributed by atoms with E-state index >= 15 is 0 Å². The van der Waals surface area contributed by atoms with Gasteiger partial charge >= 0.3 is 5.69 Å². The van der Waals surface area contributed by atoms with Gasteiger partial charge in [-0.05, 0) is 18.1 Å². The number of hydrogen-bond acceptors (Lipinski definition) is 6. The summed E-state index contributed by atoms with van der Waals surface area (Å²) < 4.78 is 6.65. The first-order chi connectivity index (χ1) is 13.7. The van der Waals surface area contributed by atoms with Crippen LogP contribution in [0.1, 0.15) is 30.9 Å². The lowest BCUT2D eigenvalue weighted by Crippen LogP contribution is -2.30. The highest BCUT2D eigenvalue weighted by molar-refractivity contribution is 6.37. The van der Waals surface area contributed by atoms with E-state index in [2.05, 4.69) is 10.2 Å². The zero-order valence-corrected chi connectivity index (χ0v) is 16.6. The average Bonchev–Trinajstić information content (AvgIpc) is 2.65. The monoisotopic (exact) mass is 433 g/mol. The van der Waals surface area contributed by atoms with Gasteiger partial charge in [-0.15, -0.1) is 5.10 Å². The van der Waals surface area contributed by atoms with Crippen LogP contribution < -0.4 is 21.5 Å². The van der Waals surface area contributed by atoms with Gasteiger partial charge in [0.2, 0.25) is 5.88 Å². The molecule has 2 aromatic heterocycles. The molecule has 3 aromatic rings. The van der Waals surface area contributed by atoms with Gasteiger partial charge in [-0.25, -0.2) is 9.89 Å². The summed E-state index contributed by atoms with van der Waals surface area (Å²) in [5.41, 5.74) is -1.46. The van der Waals surface area contributed by atoms with Crippen molar-refractivity contribution in [2.75, 3.05) is 0 Å². The Labute approximate surface area is 173 Å². The van der Waals surface area contributed by atoms with E-state index < -0.39 is 11.2 Å². The molecule has 148 valence electrons. The van der Waals surface area contributed by atoms with Crippen LogP contribution in [0.2, 0.25) is 10.0 Å². The minimum Gasteiger partial charge on any atom is -0.434 e. The van der Waals surface area contributed by atoms with Gasteiger partial charge in [-0.2, -0.15) is 5.26 Å². The van der Waals surface area contributed by atoms with Gasteiger partial charge in [0.05, 0.1) is 15.7 Å². The molecule has 0 saturated heterocycles. The number of aromatic nitrogens is 4. The van der Waals surface area contributed by atoms with Gasteiger partial charge in [0.25, 0.3) is 11.1 Å². The van der Waals surface area contributed by atoms with Crippen molar-refractivity contribution in [1.82, 2.24) is 19.7 Å². The zero-order chi connectivity index (χ0) is 21.3. The van der Waals surface area contributed by atoms with Crippen molar-refractivity contribution in [2.45, 2.75) is 19.8 Å². The Morgan fingerprint density at radius 2 is 1.79 bits per heavy atom. The fourth-order valence-electron chi connectivity index (χ4n) is 2.51. The summed E-state index contributed by atoms with van der Waals surface area (Å²) in [4.78, 5) is 37.5. The first-order valence-electron chi connectivity index (χ1n) is 8.24. The first kappa shape index (κ1) is 20.4. The van der Waals surface area contributed by atoms with Crippen LogP contribution in [0.5, 0.6) is 11.6 Å². The summed E-state index contributed by atoms with van der Waals surface area (Å²) in [6.07, 6.45) is 1.09. The summed E-state index contributed by atoms with van der Waals surface area (Å²) in [6.45, 7) is 3.70. The minimum absolute atomic E-state index is 0.0446. The van der Waals surface area contributed by atoms with E-state index in [1.54, 1.807) is 6.07 Å². The Bertz CT molecular complexity index is 1290. The number of nitrogens with one attached hydrogen (secondary N) is 2. The molecule has 0 atom stereocenters. The third kappa shape index (κ3) is 4.08. The first-order valence-corrected chi connectivity index (χ1v) is 8.99. The van der Waals surface area contributed by atoms with Crippen LogP contribution in [0, 0.1) is 11.3 Å². The van der Waals surface area contributed by atoms with Crippen LogP contribution in [0.15, 0.2) is 38.8 Å². The van der Waals surface area contributed by atoms with E-state index in [9.17, 15) is 14.4 Å². The van der Waals surface area contributed by atoms with E-state index in [-0.39, 0.29) is 44.4 Å². The maximum absolute atomic E-state index is 12.1. The van der Waals surface area contributed by atoms with Gasteiger partial charge in [-0.3, -0.25) is 19.1 Å². The smallest absolute Gasteiger partial charge is 0.332 e. The number of halogens is 2. The molecule has 0 aliphatic rings. The molecule has 0 fully saturated rings. The fourth-order valence-corrected chi connectivity index (χ4v) is 3.07. The van der Waals surface area contributed by atoms with E-state index in [0.717, 1.165) is 10.8 Å². The number of nitriles is 1. The summed E-state index contributed by atoms with van der Waals surface area (Å²) >= 11 is 12.5. The Hall–Kier alpha value is -3.35. The van der Waals surface area contributed by atoms with Crippen molar-refractivity contribution in [1.29, 1.82) is 5.26 Å². The van der Waals surface area contributed by atoms with Crippen LogP contribution in [-0.2, 0) is 0 Å². The number of benzene rings is 1. The quantitative estimate of drug-likeness (QED) is 0.649. The molecule has 29 heavy (non-hydrogen) atoms. The molecular formula is C18H13Cl2N5O4. The number of rotatable bonds is 4. The molecule has 3 rings (SSSR count). The summed E-state index contributed by atoms with van der Waals surface area (Å²) in [6, 6.07) is 5.92. The number of ether oxygens (including phenoxy) is 1. The second kappa shape index (κ2) is 7.95. The maximum atomic E-state index is 12.1. The highest BCUT2D eigenvalue weighted by atomic mass is 35.5. The van der Waals surface area contributed by atoms with Crippen LogP contribution >= 0.6 is 23.2 Å².